The summed E-state index contributed by atoms with van der Waals surface area (Å²) in [5, 5.41) is 6.32. The number of carbonyl (C=O) groups excluding carboxylic acids is 1. The number of carbonyl (C=O) groups is 1. The minimum atomic E-state index is -0.285. The van der Waals surface area contributed by atoms with Gasteiger partial charge >= 0.3 is 5.97 Å². The van der Waals surface area contributed by atoms with Crippen LogP contribution in [0, 0.1) is 11.3 Å². The van der Waals surface area contributed by atoms with E-state index in [1.807, 2.05) is 21.0 Å². The summed E-state index contributed by atoms with van der Waals surface area (Å²) in [6, 6.07) is 0. The van der Waals surface area contributed by atoms with Gasteiger partial charge in [0.1, 0.15) is 0 Å². The normalized spacial score (nSPS) is 29.3. The van der Waals surface area contributed by atoms with Gasteiger partial charge in [-0.15, -0.1) is 0 Å². The Bertz CT molecular complexity index is 233. The summed E-state index contributed by atoms with van der Waals surface area (Å²) in [7, 11) is 3.86. The molecule has 1 fully saturated rings. The largest absolute Gasteiger partial charge is 0.466 e. The van der Waals surface area contributed by atoms with Crippen molar-refractivity contribution < 1.29 is 9.53 Å². The zero-order valence-electron chi connectivity index (χ0n) is 10.6. The van der Waals surface area contributed by atoms with Crippen LogP contribution in [0.2, 0.25) is 0 Å². The Labute approximate surface area is 98.1 Å². The highest BCUT2D eigenvalue weighted by Gasteiger charge is 2.45. The van der Waals surface area contributed by atoms with Crippen LogP contribution in [-0.4, -0.2) is 39.8 Å². The second-order valence-electron chi connectivity index (χ2n) is 4.70. The third-order valence-electron chi connectivity index (χ3n) is 3.43. The quantitative estimate of drug-likeness (QED) is 0.660. The van der Waals surface area contributed by atoms with Crippen LogP contribution in [0.25, 0.3) is 0 Å². The molecule has 0 saturated heterocycles. The minimum absolute atomic E-state index is 0.0250. The van der Waals surface area contributed by atoms with E-state index in [2.05, 4.69) is 10.6 Å². The Balaban J connectivity index is 2.64. The predicted molar refractivity (Wildman–Crippen MR) is 64.3 cm³/mol. The summed E-state index contributed by atoms with van der Waals surface area (Å²) in [5.41, 5.74) is -0.285. The molecule has 0 amide bonds. The van der Waals surface area contributed by atoms with Gasteiger partial charge in [0.15, 0.2) is 0 Å². The summed E-state index contributed by atoms with van der Waals surface area (Å²) in [4.78, 5) is 12.0. The van der Waals surface area contributed by atoms with Crippen molar-refractivity contribution in [2.45, 2.75) is 26.2 Å². The van der Waals surface area contributed by atoms with E-state index >= 15 is 0 Å². The topological polar surface area (TPSA) is 50.4 Å². The van der Waals surface area contributed by atoms with Crippen molar-refractivity contribution in [3.05, 3.63) is 0 Å². The number of esters is 1. The molecule has 0 heterocycles. The molecule has 0 bridgehead atoms. The molecule has 2 N–H and O–H groups in total. The fraction of sp³-hybridized carbons (Fsp3) is 0.917. The van der Waals surface area contributed by atoms with Crippen LogP contribution in [-0.2, 0) is 9.53 Å². The van der Waals surface area contributed by atoms with Crippen molar-refractivity contribution in [3.8, 4) is 0 Å². The zero-order chi connectivity index (χ0) is 12.0. The Morgan fingerprint density at radius 1 is 1.44 bits per heavy atom. The summed E-state index contributed by atoms with van der Waals surface area (Å²) >= 11 is 0. The maximum atomic E-state index is 12.0. The Morgan fingerprint density at radius 2 is 2.19 bits per heavy atom. The molecule has 94 valence electrons. The van der Waals surface area contributed by atoms with Crippen LogP contribution in [0.1, 0.15) is 26.2 Å². The second-order valence-corrected chi connectivity index (χ2v) is 4.70. The third-order valence-corrected chi connectivity index (χ3v) is 3.43. The van der Waals surface area contributed by atoms with Crippen LogP contribution in [0.4, 0.5) is 0 Å². The minimum Gasteiger partial charge on any atom is -0.466 e. The van der Waals surface area contributed by atoms with E-state index in [0.29, 0.717) is 12.5 Å². The monoisotopic (exact) mass is 228 g/mol. The van der Waals surface area contributed by atoms with Gasteiger partial charge in [-0.05, 0) is 52.7 Å². The predicted octanol–water partition coefficient (Wildman–Crippen LogP) is 0.775. The van der Waals surface area contributed by atoms with Crippen LogP contribution >= 0.6 is 0 Å². The lowest BCUT2D eigenvalue weighted by Gasteiger charge is -2.26. The highest BCUT2D eigenvalue weighted by Crippen LogP contribution is 2.42. The maximum Gasteiger partial charge on any atom is 0.313 e. The first-order chi connectivity index (χ1) is 7.68. The van der Waals surface area contributed by atoms with Gasteiger partial charge < -0.3 is 15.4 Å². The SMILES string of the molecule is CCOC(=O)C1(CNC)CCC(CNC)C1. The van der Waals surface area contributed by atoms with Crippen molar-refractivity contribution in [3.63, 3.8) is 0 Å². The van der Waals surface area contributed by atoms with Gasteiger partial charge in [0.2, 0.25) is 0 Å². The lowest BCUT2D eigenvalue weighted by atomic mass is 9.85. The fourth-order valence-corrected chi connectivity index (χ4v) is 2.74. The fourth-order valence-electron chi connectivity index (χ4n) is 2.74. The highest BCUT2D eigenvalue weighted by atomic mass is 16.5. The van der Waals surface area contributed by atoms with E-state index in [1.165, 1.54) is 0 Å². The molecule has 16 heavy (non-hydrogen) atoms. The third kappa shape index (κ3) is 2.95. The number of ether oxygens (including phenoxy) is 1. The van der Waals surface area contributed by atoms with Crippen molar-refractivity contribution in [1.82, 2.24) is 10.6 Å². The van der Waals surface area contributed by atoms with Crippen LogP contribution < -0.4 is 10.6 Å². The molecule has 1 rings (SSSR count). The summed E-state index contributed by atoms with van der Waals surface area (Å²) in [6.07, 6.45) is 2.99. The highest BCUT2D eigenvalue weighted by molar-refractivity contribution is 5.77. The van der Waals surface area contributed by atoms with Gasteiger partial charge in [0, 0.05) is 6.54 Å². The molecule has 0 radical (unpaired) electrons. The Hall–Kier alpha value is -0.610. The molecule has 4 nitrogen and oxygen atoms in total. The first-order valence-corrected chi connectivity index (χ1v) is 6.15. The van der Waals surface area contributed by atoms with Gasteiger partial charge in [-0.3, -0.25) is 4.79 Å². The van der Waals surface area contributed by atoms with Crippen molar-refractivity contribution in [2.24, 2.45) is 11.3 Å². The molecule has 2 atom stereocenters. The zero-order valence-corrected chi connectivity index (χ0v) is 10.6. The smallest absolute Gasteiger partial charge is 0.313 e. The molecular formula is C12H24N2O2. The van der Waals surface area contributed by atoms with Crippen LogP contribution in [0.3, 0.4) is 0 Å². The summed E-state index contributed by atoms with van der Waals surface area (Å²) in [5.74, 6) is 0.575. The lowest BCUT2D eigenvalue weighted by molar-refractivity contribution is -0.155. The molecule has 0 spiro atoms. The molecule has 1 aliphatic carbocycles. The van der Waals surface area contributed by atoms with Gasteiger partial charge in [-0.25, -0.2) is 0 Å². The van der Waals surface area contributed by atoms with Crippen molar-refractivity contribution >= 4 is 5.97 Å². The summed E-state index contributed by atoms with van der Waals surface area (Å²) < 4.78 is 5.21. The van der Waals surface area contributed by atoms with E-state index in [-0.39, 0.29) is 11.4 Å². The van der Waals surface area contributed by atoms with Crippen LogP contribution in [0.15, 0.2) is 0 Å². The molecular weight excluding hydrogens is 204 g/mol. The molecule has 0 aromatic carbocycles. The average Bonchev–Trinajstić information content (AvgIpc) is 2.64. The van der Waals surface area contributed by atoms with E-state index in [9.17, 15) is 4.79 Å². The van der Waals surface area contributed by atoms with Gasteiger partial charge in [0.05, 0.1) is 12.0 Å². The van der Waals surface area contributed by atoms with Crippen molar-refractivity contribution in [2.75, 3.05) is 33.8 Å². The number of rotatable bonds is 6. The van der Waals surface area contributed by atoms with E-state index in [4.69, 9.17) is 4.74 Å². The van der Waals surface area contributed by atoms with Gasteiger partial charge in [-0.1, -0.05) is 0 Å². The Kier molecular flexibility index (Phi) is 5.22. The van der Waals surface area contributed by atoms with Crippen LogP contribution in [0.5, 0.6) is 0 Å². The Morgan fingerprint density at radius 3 is 2.75 bits per heavy atom. The van der Waals surface area contributed by atoms with E-state index < -0.39 is 0 Å². The maximum absolute atomic E-state index is 12.0. The average molecular weight is 228 g/mol. The molecule has 0 aliphatic heterocycles. The van der Waals surface area contributed by atoms with E-state index in [1.54, 1.807) is 0 Å². The molecule has 4 heteroatoms. The van der Waals surface area contributed by atoms with E-state index in [0.717, 1.165) is 32.4 Å². The lowest BCUT2D eigenvalue weighted by Crippen LogP contribution is -2.39. The second kappa shape index (κ2) is 6.21. The molecule has 0 aromatic rings. The number of hydrogen-bond acceptors (Lipinski definition) is 4. The summed E-state index contributed by atoms with van der Waals surface area (Å²) in [6.45, 7) is 4.06. The van der Waals surface area contributed by atoms with Gasteiger partial charge in [-0.2, -0.15) is 0 Å². The first kappa shape index (κ1) is 13.5. The van der Waals surface area contributed by atoms with Crippen molar-refractivity contribution in [1.29, 1.82) is 0 Å². The molecule has 0 aromatic heterocycles. The first-order valence-electron chi connectivity index (χ1n) is 6.15. The molecule has 1 saturated carbocycles. The molecule has 2 unspecified atom stereocenters. The molecule has 1 aliphatic rings. The number of hydrogen-bond donors (Lipinski definition) is 2. The van der Waals surface area contributed by atoms with Gasteiger partial charge in [0.25, 0.3) is 0 Å². The number of nitrogens with one attached hydrogen (secondary N) is 2. The standard InChI is InChI=1S/C12H24N2O2/c1-4-16-11(15)12(9-14-3)6-5-10(7-12)8-13-2/h10,13-14H,4-9H2,1-3H3.